The van der Waals surface area contributed by atoms with Crippen LogP contribution in [0.25, 0.3) is 0 Å². The molecule has 1 fully saturated rings. The van der Waals surface area contributed by atoms with Crippen LogP contribution < -0.4 is 0 Å². The highest BCUT2D eigenvalue weighted by molar-refractivity contribution is 6.01. The van der Waals surface area contributed by atoms with Crippen molar-refractivity contribution in [2.45, 2.75) is 39.5 Å². The number of carbonyl (C=O) groups is 2. The van der Waals surface area contributed by atoms with Crippen molar-refractivity contribution in [3.63, 3.8) is 0 Å². The number of hydrogen-bond donors (Lipinski definition) is 0. The van der Waals surface area contributed by atoms with Gasteiger partial charge in [-0.2, -0.15) is 0 Å². The molecule has 1 aliphatic carbocycles. The van der Waals surface area contributed by atoms with Crippen LogP contribution in [0.3, 0.4) is 0 Å². The Labute approximate surface area is 108 Å². The van der Waals surface area contributed by atoms with Gasteiger partial charge in [0.05, 0.1) is 25.4 Å². The lowest BCUT2D eigenvalue weighted by Crippen LogP contribution is -2.22. The van der Waals surface area contributed by atoms with E-state index in [0.29, 0.717) is 11.1 Å². The number of methoxy groups -OCH3 is 2. The second-order valence-corrected chi connectivity index (χ2v) is 4.95. The monoisotopic (exact) mass is 254 g/mol. The van der Waals surface area contributed by atoms with Crippen LogP contribution in [0.15, 0.2) is 11.1 Å². The molecule has 4 nitrogen and oxygen atoms in total. The molecule has 102 valence electrons. The zero-order valence-electron chi connectivity index (χ0n) is 11.6. The fourth-order valence-corrected chi connectivity index (χ4v) is 2.59. The highest BCUT2D eigenvalue weighted by Crippen LogP contribution is 2.35. The van der Waals surface area contributed by atoms with Crippen LogP contribution in [0.4, 0.5) is 0 Å². The van der Waals surface area contributed by atoms with E-state index in [9.17, 15) is 9.59 Å². The number of ether oxygens (including phenoxy) is 2. The molecule has 1 aliphatic rings. The van der Waals surface area contributed by atoms with Gasteiger partial charge >= 0.3 is 11.9 Å². The summed E-state index contributed by atoms with van der Waals surface area (Å²) < 4.78 is 9.65. The average Bonchev–Trinajstić information content (AvgIpc) is 2.86. The van der Waals surface area contributed by atoms with Crippen LogP contribution in [-0.4, -0.2) is 26.2 Å². The fourth-order valence-electron chi connectivity index (χ4n) is 2.59. The molecule has 0 amide bonds. The summed E-state index contributed by atoms with van der Waals surface area (Å²) in [5.74, 6) is -0.727. The zero-order valence-corrected chi connectivity index (χ0v) is 11.6. The molecule has 0 heterocycles. The Bertz CT molecular complexity index is 349. The summed E-state index contributed by atoms with van der Waals surface area (Å²) in [5, 5.41) is 0. The Kier molecular flexibility index (Phi) is 5.38. The van der Waals surface area contributed by atoms with Crippen LogP contribution in [-0.2, 0) is 19.1 Å². The Morgan fingerprint density at radius 2 is 1.50 bits per heavy atom. The van der Waals surface area contributed by atoms with E-state index in [1.165, 1.54) is 14.2 Å². The summed E-state index contributed by atoms with van der Waals surface area (Å²) in [4.78, 5) is 23.9. The van der Waals surface area contributed by atoms with Gasteiger partial charge in [-0.1, -0.05) is 26.7 Å². The summed E-state index contributed by atoms with van der Waals surface area (Å²) in [6.45, 7) is 3.79. The summed E-state index contributed by atoms with van der Waals surface area (Å²) in [6.07, 6.45) is 4.07. The highest BCUT2D eigenvalue weighted by Gasteiger charge is 2.32. The van der Waals surface area contributed by atoms with Gasteiger partial charge in [0, 0.05) is 0 Å². The van der Waals surface area contributed by atoms with Gasteiger partial charge in [-0.05, 0) is 24.7 Å². The minimum absolute atomic E-state index is 0.0489. The molecule has 0 saturated heterocycles. The van der Waals surface area contributed by atoms with E-state index >= 15 is 0 Å². The average molecular weight is 254 g/mol. The molecule has 1 rings (SSSR count). The van der Waals surface area contributed by atoms with Crippen LogP contribution in [0, 0.1) is 11.8 Å². The van der Waals surface area contributed by atoms with Crippen LogP contribution in [0.1, 0.15) is 39.5 Å². The first kappa shape index (κ1) is 14.7. The minimum Gasteiger partial charge on any atom is -0.466 e. The Balaban J connectivity index is 3.24. The number of rotatable bonds is 4. The molecule has 0 aromatic carbocycles. The summed E-state index contributed by atoms with van der Waals surface area (Å²) >= 11 is 0. The van der Waals surface area contributed by atoms with Crippen LogP contribution in [0.5, 0.6) is 0 Å². The molecule has 18 heavy (non-hydrogen) atoms. The smallest absolute Gasteiger partial charge is 0.334 e. The second-order valence-electron chi connectivity index (χ2n) is 4.95. The summed E-state index contributed by atoms with van der Waals surface area (Å²) in [5.41, 5.74) is 0.994. The lowest BCUT2D eigenvalue weighted by atomic mass is 9.87. The van der Waals surface area contributed by atoms with Crippen molar-refractivity contribution < 1.29 is 19.1 Å². The van der Waals surface area contributed by atoms with Crippen molar-refractivity contribution in [3.05, 3.63) is 11.1 Å². The molecule has 0 atom stereocenters. The molecule has 0 spiro atoms. The van der Waals surface area contributed by atoms with Crippen molar-refractivity contribution in [3.8, 4) is 0 Å². The SMILES string of the molecule is COC(=O)/C(=C(\C(=O)OC)C1CCCC1)C(C)C. The van der Waals surface area contributed by atoms with E-state index in [2.05, 4.69) is 0 Å². The molecule has 4 heteroatoms. The Morgan fingerprint density at radius 3 is 1.89 bits per heavy atom. The number of carbonyl (C=O) groups excluding carboxylic acids is 2. The van der Waals surface area contributed by atoms with Gasteiger partial charge in [-0.25, -0.2) is 9.59 Å². The Morgan fingerprint density at radius 1 is 1.00 bits per heavy atom. The first-order valence-electron chi connectivity index (χ1n) is 6.43. The molecule has 0 N–H and O–H groups in total. The topological polar surface area (TPSA) is 52.6 Å². The highest BCUT2D eigenvalue weighted by atomic mass is 16.5. The van der Waals surface area contributed by atoms with Crippen molar-refractivity contribution >= 4 is 11.9 Å². The number of hydrogen-bond acceptors (Lipinski definition) is 4. The third-order valence-electron chi connectivity index (χ3n) is 3.44. The fraction of sp³-hybridized carbons (Fsp3) is 0.714. The van der Waals surface area contributed by atoms with E-state index in [1.54, 1.807) is 0 Å². The largest absolute Gasteiger partial charge is 0.466 e. The molecule has 0 aromatic heterocycles. The van der Waals surface area contributed by atoms with Gasteiger partial charge in [0.2, 0.25) is 0 Å². The normalized spacial score (nSPS) is 17.6. The first-order chi connectivity index (χ1) is 8.52. The number of esters is 2. The van der Waals surface area contributed by atoms with E-state index in [1.807, 2.05) is 13.8 Å². The summed E-state index contributed by atoms with van der Waals surface area (Å²) in [7, 11) is 2.70. The van der Waals surface area contributed by atoms with Crippen molar-refractivity contribution in [2.75, 3.05) is 14.2 Å². The second kappa shape index (κ2) is 6.57. The van der Waals surface area contributed by atoms with E-state index in [-0.39, 0.29) is 11.8 Å². The maximum absolute atomic E-state index is 12.0. The minimum atomic E-state index is -0.419. The van der Waals surface area contributed by atoms with Crippen LogP contribution >= 0.6 is 0 Å². The molecule has 0 aromatic rings. The van der Waals surface area contributed by atoms with Gasteiger partial charge in [0.1, 0.15) is 0 Å². The van der Waals surface area contributed by atoms with Crippen molar-refractivity contribution in [1.29, 1.82) is 0 Å². The molecule has 1 saturated carbocycles. The molecule has 0 radical (unpaired) electrons. The van der Waals surface area contributed by atoms with Gasteiger partial charge in [-0.15, -0.1) is 0 Å². The maximum Gasteiger partial charge on any atom is 0.334 e. The van der Waals surface area contributed by atoms with Gasteiger partial charge in [-0.3, -0.25) is 0 Å². The summed E-state index contributed by atoms with van der Waals surface area (Å²) in [6, 6.07) is 0. The molecule has 0 bridgehead atoms. The van der Waals surface area contributed by atoms with E-state index in [0.717, 1.165) is 25.7 Å². The van der Waals surface area contributed by atoms with Gasteiger partial charge in [0.25, 0.3) is 0 Å². The van der Waals surface area contributed by atoms with Gasteiger partial charge in [0.15, 0.2) is 0 Å². The molecule has 0 unspecified atom stereocenters. The third-order valence-corrected chi connectivity index (χ3v) is 3.44. The molecular weight excluding hydrogens is 232 g/mol. The van der Waals surface area contributed by atoms with E-state index in [4.69, 9.17) is 9.47 Å². The lowest BCUT2D eigenvalue weighted by Gasteiger charge is -2.19. The quantitative estimate of drug-likeness (QED) is 0.571. The lowest BCUT2D eigenvalue weighted by molar-refractivity contribution is -0.140. The standard InChI is InChI=1S/C14H22O4/c1-9(2)11(13(15)17-3)12(14(16)18-4)10-7-5-6-8-10/h9-10H,5-8H2,1-4H3/b12-11-. The Hall–Kier alpha value is -1.32. The van der Waals surface area contributed by atoms with Crippen molar-refractivity contribution in [1.82, 2.24) is 0 Å². The predicted octanol–water partition coefficient (Wildman–Crippen LogP) is 2.48. The maximum atomic E-state index is 12.0. The molecule has 0 aliphatic heterocycles. The van der Waals surface area contributed by atoms with E-state index < -0.39 is 11.9 Å². The first-order valence-corrected chi connectivity index (χ1v) is 6.43. The third kappa shape index (κ3) is 3.12. The predicted molar refractivity (Wildman–Crippen MR) is 67.9 cm³/mol. The zero-order chi connectivity index (χ0) is 13.7. The van der Waals surface area contributed by atoms with Crippen molar-refractivity contribution in [2.24, 2.45) is 11.8 Å². The van der Waals surface area contributed by atoms with Crippen LogP contribution in [0.2, 0.25) is 0 Å². The van der Waals surface area contributed by atoms with Gasteiger partial charge < -0.3 is 9.47 Å². The molecular formula is C14H22O4.